The van der Waals surface area contributed by atoms with Gasteiger partial charge in [-0.1, -0.05) is 48.1 Å². The highest BCUT2D eigenvalue weighted by Crippen LogP contribution is 2.37. The van der Waals surface area contributed by atoms with Crippen molar-refractivity contribution in [2.45, 2.75) is 12.8 Å². The Hall–Kier alpha value is -1.58. The minimum atomic E-state index is 0.341. The Morgan fingerprint density at radius 1 is 1.10 bits per heavy atom. The minimum Gasteiger partial charge on any atom is -0.389 e. The number of hydrogen-bond acceptors (Lipinski definition) is 2. The molecule has 0 aromatic heterocycles. The molecule has 0 atom stereocenters. The predicted octanol–water partition coefficient (Wildman–Crippen LogP) is 4.06. The first-order valence-corrected chi connectivity index (χ1v) is 7.41. The van der Waals surface area contributed by atoms with E-state index in [1.807, 2.05) is 18.2 Å². The molecule has 0 spiro atoms. The van der Waals surface area contributed by atoms with Gasteiger partial charge in [-0.15, -0.1) is 0 Å². The number of nitrogens with two attached hydrogens (primary N) is 1. The lowest BCUT2D eigenvalue weighted by Gasteiger charge is -2.32. The average molecular weight is 303 g/mol. The van der Waals surface area contributed by atoms with Crippen LogP contribution >= 0.6 is 23.8 Å². The first-order chi connectivity index (χ1) is 9.68. The fourth-order valence-electron chi connectivity index (χ4n) is 2.77. The second kappa shape index (κ2) is 5.43. The van der Waals surface area contributed by atoms with E-state index >= 15 is 0 Å². The molecule has 0 saturated heterocycles. The molecule has 3 rings (SSSR count). The normalized spacial score (nSPS) is 13.9. The number of benzene rings is 2. The van der Waals surface area contributed by atoms with Crippen molar-refractivity contribution >= 4 is 40.2 Å². The summed E-state index contributed by atoms with van der Waals surface area (Å²) < 4.78 is 0. The van der Waals surface area contributed by atoms with Gasteiger partial charge < -0.3 is 10.6 Å². The average Bonchev–Trinajstić information content (AvgIpc) is 2.46. The third kappa shape index (κ3) is 2.28. The summed E-state index contributed by atoms with van der Waals surface area (Å²) in [5.41, 5.74) is 10.2. The minimum absolute atomic E-state index is 0.341. The third-order valence-electron chi connectivity index (χ3n) is 3.64. The van der Waals surface area contributed by atoms with E-state index in [2.05, 4.69) is 29.2 Å². The summed E-state index contributed by atoms with van der Waals surface area (Å²) in [7, 11) is 0. The highest BCUT2D eigenvalue weighted by Gasteiger charge is 2.21. The highest BCUT2D eigenvalue weighted by atomic mass is 35.5. The van der Waals surface area contributed by atoms with Crippen LogP contribution in [0, 0.1) is 0 Å². The van der Waals surface area contributed by atoms with Gasteiger partial charge in [0.1, 0.15) is 4.99 Å². The standard InChI is InChI=1S/C16H15ClN2S/c17-12-7-3-9-14(15(12)16(18)20)19-10-4-6-11-5-1-2-8-13(11)19/h1-3,5,7-9H,4,6,10H2,(H2,18,20). The van der Waals surface area contributed by atoms with Gasteiger partial charge in [0, 0.05) is 12.2 Å². The number of hydrogen-bond donors (Lipinski definition) is 1. The molecular formula is C16H15ClN2S. The second-order valence-electron chi connectivity index (χ2n) is 4.88. The van der Waals surface area contributed by atoms with Gasteiger partial charge in [-0.2, -0.15) is 0 Å². The lowest BCUT2D eigenvalue weighted by molar-refractivity contribution is 0.766. The maximum absolute atomic E-state index is 6.28. The largest absolute Gasteiger partial charge is 0.389 e. The predicted molar refractivity (Wildman–Crippen MR) is 89.1 cm³/mol. The summed E-state index contributed by atoms with van der Waals surface area (Å²) in [6.45, 7) is 0.951. The molecule has 0 amide bonds. The Labute approximate surface area is 129 Å². The SMILES string of the molecule is NC(=S)c1c(Cl)cccc1N1CCCc2ccccc21. The number of halogens is 1. The van der Waals surface area contributed by atoms with Gasteiger partial charge >= 0.3 is 0 Å². The van der Waals surface area contributed by atoms with Crippen LogP contribution in [-0.4, -0.2) is 11.5 Å². The number of thiocarbonyl (C=S) groups is 1. The number of anilines is 2. The quantitative estimate of drug-likeness (QED) is 0.848. The van der Waals surface area contributed by atoms with E-state index in [1.54, 1.807) is 0 Å². The lowest BCUT2D eigenvalue weighted by Crippen LogP contribution is -2.27. The van der Waals surface area contributed by atoms with Crippen molar-refractivity contribution in [3.8, 4) is 0 Å². The molecule has 1 heterocycles. The smallest absolute Gasteiger partial charge is 0.107 e. The van der Waals surface area contributed by atoms with Crippen molar-refractivity contribution in [2.75, 3.05) is 11.4 Å². The number of rotatable bonds is 2. The van der Waals surface area contributed by atoms with Crippen LogP contribution in [0.25, 0.3) is 0 Å². The molecule has 2 nitrogen and oxygen atoms in total. The molecule has 1 aliphatic heterocycles. The molecule has 1 aliphatic rings. The monoisotopic (exact) mass is 302 g/mol. The van der Waals surface area contributed by atoms with E-state index in [0.717, 1.165) is 30.6 Å². The zero-order valence-corrected chi connectivity index (χ0v) is 12.5. The van der Waals surface area contributed by atoms with Crippen molar-refractivity contribution in [3.63, 3.8) is 0 Å². The molecule has 0 bridgehead atoms. The van der Waals surface area contributed by atoms with Gasteiger partial charge in [0.2, 0.25) is 0 Å². The van der Waals surface area contributed by atoms with Crippen LogP contribution in [0.2, 0.25) is 5.02 Å². The van der Waals surface area contributed by atoms with Gasteiger partial charge in [-0.3, -0.25) is 0 Å². The van der Waals surface area contributed by atoms with E-state index in [1.165, 1.54) is 11.3 Å². The molecule has 0 unspecified atom stereocenters. The van der Waals surface area contributed by atoms with Gasteiger partial charge in [-0.25, -0.2) is 0 Å². The van der Waals surface area contributed by atoms with Crippen LogP contribution < -0.4 is 10.6 Å². The maximum atomic E-state index is 6.28. The molecule has 4 heteroatoms. The summed E-state index contributed by atoms with van der Waals surface area (Å²) in [4.78, 5) is 2.60. The first kappa shape index (κ1) is 13.4. The third-order valence-corrected chi connectivity index (χ3v) is 4.16. The summed E-state index contributed by atoms with van der Waals surface area (Å²) in [6, 6.07) is 14.2. The fourth-order valence-corrected chi connectivity index (χ4v) is 3.31. The molecule has 0 fully saturated rings. The van der Waals surface area contributed by atoms with Crippen molar-refractivity contribution in [1.29, 1.82) is 0 Å². The Morgan fingerprint density at radius 2 is 1.85 bits per heavy atom. The molecule has 0 radical (unpaired) electrons. The van der Waals surface area contributed by atoms with Crippen molar-refractivity contribution in [3.05, 3.63) is 58.6 Å². The van der Waals surface area contributed by atoms with Crippen LogP contribution in [0.3, 0.4) is 0 Å². The van der Waals surface area contributed by atoms with Crippen LogP contribution in [0.1, 0.15) is 17.5 Å². The van der Waals surface area contributed by atoms with E-state index < -0.39 is 0 Å². The molecule has 2 aromatic rings. The maximum Gasteiger partial charge on any atom is 0.107 e. The zero-order chi connectivity index (χ0) is 14.1. The first-order valence-electron chi connectivity index (χ1n) is 6.62. The van der Waals surface area contributed by atoms with E-state index in [0.29, 0.717) is 10.0 Å². The Balaban J connectivity index is 2.16. The van der Waals surface area contributed by atoms with Gasteiger partial charge in [0.15, 0.2) is 0 Å². The Morgan fingerprint density at radius 3 is 2.65 bits per heavy atom. The lowest BCUT2D eigenvalue weighted by atomic mass is 10.00. The number of para-hydroxylation sites is 1. The molecule has 102 valence electrons. The fraction of sp³-hybridized carbons (Fsp3) is 0.188. The number of aryl methyl sites for hydroxylation is 1. The Kier molecular flexibility index (Phi) is 3.64. The molecule has 0 saturated carbocycles. The summed E-state index contributed by atoms with van der Waals surface area (Å²) in [5, 5.41) is 0.609. The molecule has 0 aliphatic carbocycles. The van der Waals surface area contributed by atoms with Crippen molar-refractivity contribution in [2.24, 2.45) is 5.73 Å². The molecule has 20 heavy (non-hydrogen) atoms. The number of fused-ring (bicyclic) bond motifs is 1. The molecule has 2 N–H and O–H groups in total. The van der Waals surface area contributed by atoms with Crippen LogP contribution in [-0.2, 0) is 6.42 Å². The molecular weight excluding hydrogens is 288 g/mol. The summed E-state index contributed by atoms with van der Waals surface area (Å²) >= 11 is 11.4. The highest BCUT2D eigenvalue weighted by molar-refractivity contribution is 7.80. The van der Waals surface area contributed by atoms with E-state index in [9.17, 15) is 0 Å². The zero-order valence-electron chi connectivity index (χ0n) is 11.0. The van der Waals surface area contributed by atoms with E-state index in [-0.39, 0.29) is 0 Å². The van der Waals surface area contributed by atoms with Gasteiger partial charge in [-0.05, 0) is 36.6 Å². The number of nitrogens with zero attached hydrogens (tertiary/aromatic N) is 1. The molecule has 2 aromatic carbocycles. The Bertz CT molecular complexity index is 669. The summed E-state index contributed by atoms with van der Waals surface area (Å²) in [6.07, 6.45) is 2.22. The summed E-state index contributed by atoms with van der Waals surface area (Å²) in [5.74, 6) is 0. The van der Waals surface area contributed by atoms with Crippen LogP contribution in [0.5, 0.6) is 0 Å². The van der Waals surface area contributed by atoms with E-state index in [4.69, 9.17) is 29.6 Å². The van der Waals surface area contributed by atoms with Crippen molar-refractivity contribution in [1.82, 2.24) is 0 Å². The van der Waals surface area contributed by atoms with Crippen LogP contribution in [0.4, 0.5) is 11.4 Å². The second-order valence-corrected chi connectivity index (χ2v) is 5.73. The topological polar surface area (TPSA) is 29.3 Å². The van der Waals surface area contributed by atoms with Gasteiger partial charge in [0.05, 0.1) is 16.3 Å². The van der Waals surface area contributed by atoms with Gasteiger partial charge in [0.25, 0.3) is 0 Å². The van der Waals surface area contributed by atoms with Crippen molar-refractivity contribution < 1.29 is 0 Å². The van der Waals surface area contributed by atoms with Crippen LogP contribution in [0.15, 0.2) is 42.5 Å².